The molecule has 0 unspecified atom stereocenters. The SMILES string of the molecule is OCC1=CCCC=C1.[Y]. The molecule has 0 fully saturated rings. The number of allylic oxidation sites excluding steroid dienone is 2. The molecule has 2 heteroatoms. The molecule has 0 aliphatic heterocycles. The minimum absolute atomic E-state index is 0. The molecule has 1 rings (SSSR count). The molecule has 0 saturated heterocycles. The summed E-state index contributed by atoms with van der Waals surface area (Å²) in [5.74, 6) is 0. The van der Waals surface area contributed by atoms with Crippen LogP contribution in [0.3, 0.4) is 0 Å². The third-order valence-electron chi connectivity index (χ3n) is 1.25. The summed E-state index contributed by atoms with van der Waals surface area (Å²) in [5.41, 5.74) is 1.05. The van der Waals surface area contributed by atoms with Gasteiger partial charge in [0, 0.05) is 32.7 Å². The van der Waals surface area contributed by atoms with Gasteiger partial charge in [0.15, 0.2) is 0 Å². The van der Waals surface area contributed by atoms with E-state index in [2.05, 4.69) is 12.2 Å². The Morgan fingerprint density at radius 2 is 2.22 bits per heavy atom. The van der Waals surface area contributed by atoms with Gasteiger partial charge in [-0.2, -0.15) is 0 Å². The van der Waals surface area contributed by atoms with Crippen molar-refractivity contribution in [2.75, 3.05) is 6.61 Å². The predicted octanol–water partition coefficient (Wildman–Crippen LogP) is 1.25. The molecule has 0 aromatic carbocycles. The molecular weight excluding hydrogens is 189 g/mol. The summed E-state index contributed by atoms with van der Waals surface area (Å²) in [4.78, 5) is 0. The Bertz CT molecular complexity index is 127. The summed E-state index contributed by atoms with van der Waals surface area (Å²) in [6.45, 7) is 0.191. The fourth-order valence-corrected chi connectivity index (χ4v) is 0.785. The summed E-state index contributed by atoms with van der Waals surface area (Å²) in [7, 11) is 0. The first-order chi connectivity index (χ1) is 3.93. The molecule has 1 radical (unpaired) electrons. The molecule has 0 atom stereocenters. The topological polar surface area (TPSA) is 20.2 Å². The average molecular weight is 199 g/mol. The standard InChI is InChI=1S/C7H10O.Y/c8-6-7-4-2-1-3-5-7;/h2,4-5,8H,1,3,6H2;. The Balaban J connectivity index is 0.000000640. The van der Waals surface area contributed by atoms with Crippen molar-refractivity contribution in [3.63, 3.8) is 0 Å². The van der Waals surface area contributed by atoms with Gasteiger partial charge >= 0.3 is 0 Å². The van der Waals surface area contributed by atoms with Gasteiger partial charge in [0.1, 0.15) is 0 Å². The third kappa shape index (κ3) is 3.29. The molecule has 1 aliphatic carbocycles. The average Bonchev–Trinajstić information content (AvgIpc) is 1.90. The third-order valence-corrected chi connectivity index (χ3v) is 1.25. The van der Waals surface area contributed by atoms with Crippen LogP contribution in [-0.4, -0.2) is 11.7 Å². The zero-order valence-electron chi connectivity index (χ0n) is 5.38. The van der Waals surface area contributed by atoms with E-state index in [1.54, 1.807) is 0 Å². The Morgan fingerprint density at radius 3 is 2.56 bits per heavy atom. The van der Waals surface area contributed by atoms with Gasteiger partial charge in [0.05, 0.1) is 6.61 Å². The molecule has 0 aromatic rings. The minimum atomic E-state index is 0. The smallest absolute Gasteiger partial charge is 0.0678 e. The Hall–Kier alpha value is 0.544. The summed E-state index contributed by atoms with van der Waals surface area (Å²) in [6, 6.07) is 0. The first-order valence-electron chi connectivity index (χ1n) is 2.90. The Labute approximate surface area is 80.7 Å². The summed E-state index contributed by atoms with van der Waals surface area (Å²) in [5, 5.41) is 8.57. The number of aliphatic hydroxyl groups is 1. The summed E-state index contributed by atoms with van der Waals surface area (Å²) >= 11 is 0. The molecular formula is C7H10OY. The van der Waals surface area contributed by atoms with Crippen molar-refractivity contribution < 1.29 is 37.8 Å². The molecule has 0 amide bonds. The fourth-order valence-electron chi connectivity index (χ4n) is 0.785. The van der Waals surface area contributed by atoms with Crippen LogP contribution in [0.25, 0.3) is 0 Å². The van der Waals surface area contributed by atoms with Crippen molar-refractivity contribution in [1.29, 1.82) is 0 Å². The first-order valence-corrected chi connectivity index (χ1v) is 2.90. The molecule has 47 valence electrons. The quantitative estimate of drug-likeness (QED) is 0.673. The zero-order chi connectivity index (χ0) is 5.82. The van der Waals surface area contributed by atoms with E-state index in [9.17, 15) is 0 Å². The van der Waals surface area contributed by atoms with Crippen molar-refractivity contribution in [3.05, 3.63) is 23.8 Å². The second kappa shape index (κ2) is 5.34. The normalized spacial score (nSPS) is 16.3. The van der Waals surface area contributed by atoms with Crippen LogP contribution in [-0.2, 0) is 32.7 Å². The molecule has 0 bridgehead atoms. The van der Waals surface area contributed by atoms with E-state index in [4.69, 9.17) is 5.11 Å². The predicted molar refractivity (Wildman–Crippen MR) is 33.5 cm³/mol. The van der Waals surface area contributed by atoms with Gasteiger partial charge < -0.3 is 5.11 Å². The van der Waals surface area contributed by atoms with E-state index < -0.39 is 0 Å². The summed E-state index contributed by atoms with van der Waals surface area (Å²) < 4.78 is 0. The van der Waals surface area contributed by atoms with Crippen LogP contribution in [0.1, 0.15) is 12.8 Å². The Morgan fingerprint density at radius 1 is 1.44 bits per heavy atom. The van der Waals surface area contributed by atoms with Gasteiger partial charge in [-0.15, -0.1) is 0 Å². The van der Waals surface area contributed by atoms with E-state index in [1.807, 2.05) is 6.08 Å². The van der Waals surface area contributed by atoms with Crippen molar-refractivity contribution in [2.24, 2.45) is 0 Å². The van der Waals surface area contributed by atoms with Gasteiger partial charge in [0.2, 0.25) is 0 Å². The summed E-state index contributed by atoms with van der Waals surface area (Å²) in [6.07, 6.45) is 8.35. The first kappa shape index (κ1) is 9.54. The van der Waals surface area contributed by atoms with Gasteiger partial charge in [-0.25, -0.2) is 0 Å². The molecule has 0 heterocycles. The van der Waals surface area contributed by atoms with Gasteiger partial charge in [-0.05, 0) is 18.4 Å². The molecule has 0 aromatic heterocycles. The number of hydrogen-bond donors (Lipinski definition) is 1. The van der Waals surface area contributed by atoms with E-state index in [0.29, 0.717) is 0 Å². The van der Waals surface area contributed by atoms with Crippen molar-refractivity contribution in [3.8, 4) is 0 Å². The fraction of sp³-hybridized carbons (Fsp3) is 0.429. The molecule has 9 heavy (non-hydrogen) atoms. The maximum absolute atomic E-state index is 8.57. The Kier molecular flexibility index (Phi) is 5.66. The number of hydrogen-bond acceptors (Lipinski definition) is 1. The van der Waals surface area contributed by atoms with Crippen LogP contribution in [0.15, 0.2) is 23.8 Å². The molecule has 1 aliphatic rings. The van der Waals surface area contributed by atoms with Gasteiger partial charge in [-0.3, -0.25) is 0 Å². The van der Waals surface area contributed by atoms with E-state index in [0.717, 1.165) is 18.4 Å². The van der Waals surface area contributed by atoms with E-state index in [-0.39, 0.29) is 39.3 Å². The second-order valence-electron chi connectivity index (χ2n) is 1.92. The van der Waals surface area contributed by atoms with Gasteiger partial charge in [-0.1, -0.05) is 18.2 Å². The minimum Gasteiger partial charge on any atom is -0.392 e. The maximum atomic E-state index is 8.57. The molecule has 0 spiro atoms. The van der Waals surface area contributed by atoms with Gasteiger partial charge in [0.25, 0.3) is 0 Å². The maximum Gasteiger partial charge on any atom is 0.0678 e. The van der Waals surface area contributed by atoms with Crippen LogP contribution < -0.4 is 0 Å². The van der Waals surface area contributed by atoms with Crippen LogP contribution in [0.5, 0.6) is 0 Å². The number of aliphatic hydroxyl groups excluding tert-OH is 1. The van der Waals surface area contributed by atoms with Crippen LogP contribution in [0.4, 0.5) is 0 Å². The van der Waals surface area contributed by atoms with E-state index >= 15 is 0 Å². The van der Waals surface area contributed by atoms with Crippen LogP contribution >= 0.6 is 0 Å². The van der Waals surface area contributed by atoms with Crippen molar-refractivity contribution in [2.45, 2.75) is 12.8 Å². The number of rotatable bonds is 1. The van der Waals surface area contributed by atoms with Crippen LogP contribution in [0, 0.1) is 0 Å². The monoisotopic (exact) mass is 199 g/mol. The second-order valence-corrected chi connectivity index (χ2v) is 1.92. The van der Waals surface area contributed by atoms with Crippen LogP contribution in [0.2, 0.25) is 0 Å². The largest absolute Gasteiger partial charge is 0.392 e. The molecule has 1 N–H and O–H groups in total. The van der Waals surface area contributed by atoms with E-state index in [1.165, 1.54) is 0 Å². The van der Waals surface area contributed by atoms with Crippen molar-refractivity contribution in [1.82, 2.24) is 0 Å². The molecule has 0 saturated carbocycles. The zero-order valence-corrected chi connectivity index (χ0v) is 8.22. The molecule has 1 nitrogen and oxygen atoms in total. The van der Waals surface area contributed by atoms with Crippen molar-refractivity contribution >= 4 is 0 Å².